The van der Waals surface area contributed by atoms with E-state index in [1.165, 1.54) is 27.8 Å². The molecule has 0 saturated heterocycles. The Morgan fingerprint density at radius 1 is 0.500 bits per heavy atom. The summed E-state index contributed by atoms with van der Waals surface area (Å²) < 4.78 is 0. The molecule has 1 heterocycles. The van der Waals surface area contributed by atoms with E-state index in [1.54, 1.807) is 0 Å². The Labute approximate surface area is 406 Å². The summed E-state index contributed by atoms with van der Waals surface area (Å²) >= 11 is 0. The van der Waals surface area contributed by atoms with E-state index < -0.39 is 0 Å². The molecule has 0 saturated carbocycles. The first-order chi connectivity index (χ1) is 32.2. The summed E-state index contributed by atoms with van der Waals surface area (Å²) in [6.07, 6.45) is 2.88. The second-order valence-electron chi connectivity index (χ2n) is 22.1. The van der Waals surface area contributed by atoms with E-state index in [0.717, 1.165) is 73.6 Å². The Kier molecular flexibility index (Phi) is 13.3. The number of aromatic nitrogens is 1. The van der Waals surface area contributed by atoms with Crippen LogP contribution in [0.2, 0.25) is 0 Å². The second-order valence-corrected chi connectivity index (χ2v) is 22.1. The third kappa shape index (κ3) is 10.5. The third-order valence-electron chi connectivity index (χ3n) is 13.1. The lowest BCUT2D eigenvalue weighted by Gasteiger charge is -2.32. The molecule has 0 spiro atoms. The van der Waals surface area contributed by atoms with Crippen LogP contribution in [0.4, 0.5) is 17.1 Å². The number of aromatic hydroxyl groups is 1. The minimum absolute atomic E-state index is 0.142. The molecule has 0 atom stereocenters. The highest BCUT2D eigenvalue weighted by Crippen LogP contribution is 2.46. The molecule has 7 aromatic carbocycles. The first-order valence-electron chi connectivity index (χ1n) is 24.2. The lowest BCUT2D eigenvalue weighted by atomic mass is 9.79. The average Bonchev–Trinajstić information content (AvgIpc) is 3.31. The summed E-state index contributed by atoms with van der Waals surface area (Å²) in [7, 11) is 0. The predicted octanol–water partition coefficient (Wildman–Crippen LogP) is 17.1. The van der Waals surface area contributed by atoms with Crippen LogP contribution in [0.3, 0.4) is 0 Å². The normalized spacial score (nSPS) is 12.1. The Morgan fingerprint density at radius 3 is 1.71 bits per heavy atom. The Morgan fingerprint density at radius 2 is 1.09 bits per heavy atom. The summed E-state index contributed by atoms with van der Waals surface area (Å²) in [4.78, 5) is 7.30. The van der Waals surface area contributed by atoms with E-state index in [4.69, 9.17) is 10.7 Å². The monoisotopic (exact) mass is 896 g/mol. The molecule has 0 radical (unpaired) electrons. The first kappa shape index (κ1) is 47.6. The van der Waals surface area contributed by atoms with Crippen LogP contribution in [0.5, 0.6) is 5.75 Å². The standard InChI is InChI=1S/C64H69N3O/c1-42(2)33-43-25-30-58(55(34-43)47-21-16-13-17-22-47)67(41-51-38-53(63(6,7)8)40-56(61(51)68)64(9,10)11)59-24-18-23-54(60(59)65)49-35-50(37-52(36-49)62(3,4)5)57-39-48(31-32-66-57)46-28-26-45(27-29-46)44-19-14-12-15-20-44/h12-32,34-40,42,68H,33,41,65H2,1-11H3. The molecule has 0 aliphatic carbocycles. The van der Waals surface area contributed by atoms with Gasteiger partial charge in [-0.1, -0.05) is 191 Å². The molecular formula is C64H69N3O. The zero-order valence-electron chi connectivity index (χ0n) is 42.1. The highest BCUT2D eigenvalue weighted by atomic mass is 16.3. The van der Waals surface area contributed by atoms with Crippen LogP contribution in [0.15, 0.2) is 170 Å². The first-order valence-corrected chi connectivity index (χ1v) is 24.2. The predicted molar refractivity (Wildman–Crippen MR) is 291 cm³/mol. The minimum atomic E-state index is -0.283. The fourth-order valence-corrected chi connectivity index (χ4v) is 9.21. The molecule has 4 heteroatoms. The number of nitrogens with zero attached hydrogens (tertiary/aromatic N) is 2. The van der Waals surface area contributed by atoms with Crippen molar-refractivity contribution in [1.29, 1.82) is 0 Å². The highest BCUT2D eigenvalue weighted by molar-refractivity contribution is 5.93. The minimum Gasteiger partial charge on any atom is -0.507 e. The molecule has 1 aromatic heterocycles. The smallest absolute Gasteiger partial charge is 0.124 e. The van der Waals surface area contributed by atoms with Gasteiger partial charge in [-0.15, -0.1) is 0 Å². The fourth-order valence-electron chi connectivity index (χ4n) is 9.21. The third-order valence-corrected chi connectivity index (χ3v) is 13.1. The second kappa shape index (κ2) is 19.0. The number of nitrogen functional groups attached to an aromatic ring is 1. The van der Waals surface area contributed by atoms with Gasteiger partial charge in [-0.05, 0) is 133 Å². The van der Waals surface area contributed by atoms with Crippen molar-refractivity contribution in [3.05, 3.63) is 198 Å². The van der Waals surface area contributed by atoms with Crippen molar-refractivity contribution in [1.82, 2.24) is 4.98 Å². The molecule has 0 bridgehead atoms. The van der Waals surface area contributed by atoms with Crippen molar-refractivity contribution < 1.29 is 5.11 Å². The number of hydrogen-bond acceptors (Lipinski definition) is 4. The van der Waals surface area contributed by atoms with E-state index in [9.17, 15) is 5.11 Å². The number of phenols is 1. The highest BCUT2D eigenvalue weighted by Gasteiger charge is 2.28. The van der Waals surface area contributed by atoms with Crippen molar-refractivity contribution in [2.24, 2.45) is 5.92 Å². The molecule has 0 unspecified atom stereocenters. The molecule has 4 nitrogen and oxygen atoms in total. The molecule has 346 valence electrons. The van der Waals surface area contributed by atoms with Gasteiger partial charge in [-0.25, -0.2) is 0 Å². The summed E-state index contributed by atoms with van der Waals surface area (Å²) in [5, 5.41) is 12.3. The van der Waals surface area contributed by atoms with Gasteiger partial charge in [0.2, 0.25) is 0 Å². The van der Waals surface area contributed by atoms with Crippen molar-refractivity contribution in [3.8, 4) is 61.5 Å². The maximum atomic E-state index is 12.3. The van der Waals surface area contributed by atoms with Crippen molar-refractivity contribution >= 4 is 17.1 Å². The molecule has 0 amide bonds. The summed E-state index contributed by atoms with van der Waals surface area (Å²) in [6, 6.07) is 58.7. The fraction of sp³-hybridized carbons (Fsp3) is 0.266. The number of pyridine rings is 1. The number of hydrogen-bond donors (Lipinski definition) is 2. The van der Waals surface area contributed by atoms with Gasteiger partial charge < -0.3 is 15.7 Å². The van der Waals surface area contributed by atoms with Gasteiger partial charge in [0.25, 0.3) is 0 Å². The van der Waals surface area contributed by atoms with Gasteiger partial charge >= 0.3 is 0 Å². The van der Waals surface area contributed by atoms with Crippen LogP contribution in [-0.4, -0.2) is 10.1 Å². The van der Waals surface area contributed by atoms with Gasteiger partial charge in [0.15, 0.2) is 0 Å². The number of para-hydroxylation sites is 1. The number of nitrogens with two attached hydrogens (primary N) is 1. The number of phenolic OH excluding ortho intramolecular Hbond substituents is 1. The van der Waals surface area contributed by atoms with Crippen molar-refractivity contribution in [2.45, 2.75) is 105 Å². The maximum Gasteiger partial charge on any atom is 0.124 e. The molecule has 3 N–H and O–H groups in total. The molecule has 8 aromatic rings. The molecule has 68 heavy (non-hydrogen) atoms. The Bertz CT molecular complexity index is 3040. The molecule has 0 fully saturated rings. The van der Waals surface area contributed by atoms with Gasteiger partial charge in [0.1, 0.15) is 5.75 Å². The quantitative estimate of drug-likeness (QED) is 0.127. The van der Waals surface area contributed by atoms with E-state index in [1.807, 2.05) is 12.3 Å². The van der Waals surface area contributed by atoms with Crippen molar-refractivity contribution in [3.63, 3.8) is 0 Å². The topological polar surface area (TPSA) is 62.4 Å². The van der Waals surface area contributed by atoms with Gasteiger partial charge in [0.05, 0.1) is 23.6 Å². The van der Waals surface area contributed by atoms with E-state index in [0.29, 0.717) is 23.9 Å². The SMILES string of the molecule is CC(C)Cc1ccc(N(Cc2cc(C(C)(C)C)cc(C(C)(C)C)c2O)c2cccc(-c3cc(-c4cc(-c5ccc(-c6ccccc6)cc5)ccn4)cc(C(C)(C)C)c3)c2N)c(-c2ccccc2)c1. The van der Waals surface area contributed by atoms with Gasteiger partial charge in [0, 0.05) is 34.1 Å². The largest absolute Gasteiger partial charge is 0.507 e. The molecule has 0 aliphatic rings. The summed E-state index contributed by atoms with van der Waals surface area (Å²) in [5.41, 5.74) is 25.8. The Hall–Kier alpha value is -6.91. The van der Waals surface area contributed by atoms with Gasteiger partial charge in [-0.2, -0.15) is 0 Å². The van der Waals surface area contributed by atoms with Crippen LogP contribution in [-0.2, 0) is 29.2 Å². The molecule has 8 rings (SSSR count). The van der Waals surface area contributed by atoms with Crippen LogP contribution in [0, 0.1) is 5.92 Å². The average molecular weight is 896 g/mol. The number of benzene rings is 7. The molecular weight excluding hydrogens is 827 g/mol. The Balaban J connectivity index is 1.30. The number of anilines is 3. The zero-order chi connectivity index (χ0) is 48.5. The van der Waals surface area contributed by atoms with Gasteiger partial charge in [-0.3, -0.25) is 4.98 Å². The zero-order valence-corrected chi connectivity index (χ0v) is 42.1. The van der Waals surface area contributed by atoms with E-state index >= 15 is 0 Å². The summed E-state index contributed by atoms with van der Waals surface area (Å²) in [6.45, 7) is 24.9. The van der Waals surface area contributed by atoms with Crippen LogP contribution < -0.4 is 10.6 Å². The van der Waals surface area contributed by atoms with E-state index in [-0.39, 0.29) is 16.2 Å². The van der Waals surface area contributed by atoms with Crippen LogP contribution >= 0.6 is 0 Å². The summed E-state index contributed by atoms with van der Waals surface area (Å²) in [5.74, 6) is 0.825. The maximum absolute atomic E-state index is 12.3. The number of rotatable bonds is 11. The van der Waals surface area contributed by atoms with Crippen LogP contribution in [0.25, 0.3) is 55.8 Å². The molecule has 0 aliphatic heterocycles. The lowest BCUT2D eigenvalue weighted by Crippen LogP contribution is -2.22. The van der Waals surface area contributed by atoms with Crippen molar-refractivity contribution in [2.75, 3.05) is 10.6 Å². The van der Waals surface area contributed by atoms with Crippen LogP contribution in [0.1, 0.15) is 104 Å². The van der Waals surface area contributed by atoms with E-state index in [2.05, 4.69) is 239 Å². The lowest BCUT2D eigenvalue weighted by molar-refractivity contribution is 0.438.